The van der Waals surface area contributed by atoms with Gasteiger partial charge in [0.25, 0.3) is 21.6 Å². The number of carbonyl (C=O) groups excluding carboxylic acids is 1. The molecule has 0 saturated carbocycles. The molecule has 3 aromatic rings. The first-order chi connectivity index (χ1) is 16.1. The Hall–Kier alpha value is -3.47. The van der Waals surface area contributed by atoms with E-state index in [0.717, 1.165) is 4.31 Å². The summed E-state index contributed by atoms with van der Waals surface area (Å²) in [5, 5.41) is 15.3. The monoisotopic (exact) mass is 520 g/mol. The predicted octanol–water partition coefficient (Wildman–Crippen LogP) is 4.64. The van der Waals surface area contributed by atoms with E-state index in [0.29, 0.717) is 11.3 Å². The SMILES string of the molecule is C/C(=N/NC(=O)CN(c1cc(Cl)cc(Cl)c1)S(=O)(=O)c1ccccc1)c1cccc([N+](=O)[O-])c1. The minimum Gasteiger partial charge on any atom is -0.271 e. The molecule has 3 rings (SSSR count). The van der Waals surface area contributed by atoms with E-state index in [1.54, 1.807) is 31.2 Å². The molecule has 0 radical (unpaired) electrons. The highest BCUT2D eigenvalue weighted by Crippen LogP contribution is 2.29. The maximum Gasteiger partial charge on any atom is 0.270 e. The number of carbonyl (C=O) groups is 1. The number of rotatable bonds is 8. The molecule has 0 heterocycles. The second kappa shape index (κ2) is 10.6. The van der Waals surface area contributed by atoms with Gasteiger partial charge in [-0.15, -0.1) is 0 Å². The molecule has 0 aliphatic carbocycles. The summed E-state index contributed by atoms with van der Waals surface area (Å²) in [5.41, 5.74) is 2.97. The van der Waals surface area contributed by atoms with Crippen LogP contribution in [0.15, 0.2) is 82.8 Å². The quantitative estimate of drug-likeness (QED) is 0.263. The van der Waals surface area contributed by atoms with Crippen molar-refractivity contribution in [3.8, 4) is 0 Å². The van der Waals surface area contributed by atoms with Crippen molar-refractivity contribution in [1.82, 2.24) is 5.43 Å². The van der Waals surface area contributed by atoms with Crippen LogP contribution in [0.25, 0.3) is 0 Å². The Bertz CT molecular complexity index is 1340. The van der Waals surface area contributed by atoms with Crippen LogP contribution in [0.5, 0.6) is 0 Å². The Kier molecular flexibility index (Phi) is 7.87. The first-order valence-electron chi connectivity index (χ1n) is 9.70. The Labute approximate surface area is 205 Å². The number of non-ortho nitro benzene ring substituents is 1. The van der Waals surface area contributed by atoms with Crippen LogP contribution in [0.2, 0.25) is 10.0 Å². The summed E-state index contributed by atoms with van der Waals surface area (Å²) in [5.74, 6) is -0.750. The van der Waals surface area contributed by atoms with Crippen LogP contribution < -0.4 is 9.73 Å². The van der Waals surface area contributed by atoms with Crippen LogP contribution in [0.3, 0.4) is 0 Å². The number of sulfonamides is 1. The van der Waals surface area contributed by atoms with Gasteiger partial charge in [0.15, 0.2) is 0 Å². The number of hydrogen-bond acceptors (Lipinski definition) is 6. The molecule has 9 nitrogen and oxygen atoms in total. The number of benzene rings is 3. The highest BCUT2D eigenvalue weighted by Gasteiger charge is 2.27. The number of hydrogen-bond donors (Lipinski definition) is 1. The lowest BCUT2D eigenvalue weighted by Crippen LogP contribution is -2.39. The number of nitro groups is 1. The Balaban J connectivity index is 1.89. The molecule has 0 saturated heterocycles. The Morgan fingerprint density at radius 2 is 1.68 bits per heavy atom. The first-order valence-corrected chi connectivity index (χ1v) is 11.9. The minimum absolute atomic E-state index is 0.0322. The van der Waals surface area contributed by atoms with Crippen LogP contribution in [-0.4, -0.2) is 31.5 Å². The van der Waals surface area contributed by atoms with Gasteiger partial charge in [0, 0.05) is 27.7 Å². The van der Waals surface area contributed by atoms with Gasteiger partial charge in [0.2, 0.25) is 0 Å². The molecule has 0 aliphatic rings. The van der Waals surface area contributed by atoms with Gasteiger partial charge < -0.3 is 0 Å². The van der Waals surface area contributed by atoms with Crippen LogP contribution in [0.1, 0.15) is 12.5 Å². The van der Waals surface area contributed by atoms with E-state index in [2.05, 4.69) is 10.5 Å². The smallest absolute Gasteiger partial charge is 0.270 e. The number of nitrogens with zero attached hydrogens (tertiary/aromatic N) is 3. The molecule has 0 aromatic heterocycles. The summed E-state index contributed by atoms with van der Waals surface area (Å²) in [6.07, 6.45) is 0. The fourth-order valence-corrected chi connectivity index (χ4v) is 4.88. The van der Waals surface area contributed by atoms with Crippen LogP contribution in [0.4, 0.5) is 11.4 Å². The van der Waals surface area contributed by atoms with Crippen LogP contribution >= 0.6 is 23.2 Å². The van der Waals surface area contributed by atoms with Crippen molar-refractivity contribution in [3.05, 3.63) is 98.5 Å². The summed E-state index contributed by atoms with van der Waals surface area (Å²) in [4.78, 5) is 23.1. The number of halogens is 2. The summed E-state index contributed by atoms with van der Waals surface area (Å²) >= 11 is 12.1. The minimum atomic E-state index is -4.16. The topological polar surface area (TPSA) is 122 Å². The number of nitrogens with one attached hydrogen (secondary N) is 1. The Morgan fingerprint density at radius 3 is 2.29 bits per heavy atom. The summed E-state index contributed by atoms with van der Waals surface area (Å²) in [6.45, 7) is 0.925. The first kappa shape index (κ1) is 25.2. The van der Waals surface area contributed by atoms with E-state index in [1.165, 1.54) is 48.5 Å². The third-order valence-electron chi connectivity index (χ3n) is 4.58. The highest BCUT2D eigenvalue weighted by molar-refractivity contribution is 7.92. The van der Waals surface area contributed by atoms with E-state index in [9.17, 15) is 23.3 Å². The van der Waals surface area contributed by atoms with Crippen molar-refractivity contribution >= 4 is 56.2 Å². The van der Waals surface area contributed by atoms with Gasteiger partial charge in [-0.1, -0.05) is 53.5 Å². The second-order valence-corrected chi connectivity index (χ2v) is 9.73. The van der Waals surface area contributed by atoms with Gasteiger partial charge in [-0.3, -0.25) is 19.2 Å². The molecule has 0 bridgehead atoms. The lowest BCUT2D eigenvalue weighted by Gasteiger charge is -2.24. The molecule has 0 atom stereocenters. The van der Waals surface area contributed by atoms with Crippen molar-refractivity contribution in [1.29, 1.82) is 0 Å². The van der Waals surface area contributed by atoms with Crippen molar-refractivity contribution in [2.24, 2.45) is 5.10 Å². The zero-order valence-electron chi connectivity index (χ0n) is 17.7. The molecule has 3 aromatic carbocycles. The molecule has 1 N–H and O–H groups in total. The molecular formula is C22H18Cl2N4O5S. The van der Waals surface area contributed by atoms with E-state index in [4.69, 9.17) is 23.2 Å². The summed E-state index contributed by atoms with van der Waals surface area (Å²) < 4.78 is 27.5. The van der Waals surface area contributed by atoms with E-state index < -0.39 is 27.4 Å². The van der Waals surface area contributed by atoms with Crippen molar-refractivity contribution in [2.45, 2.75) is 11.8 Å². The lowest BCUT2D eigenvalue weighted by atomic mass is 10.1. The number of anilines is 1. The maximum absolute atomic E-state index is 13.3. The molecule has 0 aliphatic heterocycles. The molecule has 176 valence electrons. The van der Waals surface area contributed by atoms with E-state index >= 15 is 0 Å². The van der Waals surface area contributed by atoms with Crippen molar-refractivity contribution < 1.29 is 18.1 Å². The summed E-state index contributed by atoms with van der Waals surface area (Å²) in [6, 6.07) is 17.5. The highest BCUT2D eigenvalue weighted by atomic mass is 35.5. The second-order valence-electron chi connectivity index (χ2n) is 6.99. The molecule has 1 amide bonds. The largest absolute Gasteiger partial charge is 0.271 e. The van der Waals surface area contributed by atoms with Gasteiger partial charge in [-0.25, -0.2) is 13.8 Å². The van der Waals surface area contributed by atoms with E-state index in [1.807, 2.05) is 0 Å². The third-order valence-corrected chi connectivity index (χ3v) is 6.80. The third kappa shape index (κ3) is 6.10. The summed E-state index contributed by atoms with van der Waals surface area (Å²) in [7, 11) is -4.16. The average molecular weight is 521 g/mol. The molecule has 0 fully saturated rings. The maximum atomic E-state index is 13.3. The van der Waals surface area contributed by atoms with Gasteiger partial charge in [0.1, 0.15) is 6.54 Å². The fraction of sp³-hybridized carbons (Fsp3) is 0.0909. The van der Waals surface area contributed by atoms with E-state index in [-0.39, 0.29) is 26.3 Å². The normalized spacial score (nSPS) is 11.7. The molecule has 34 heavy (non-hydrogen) atoms. The lowest BCUT2D eigenvalue weighted by molar-refractivity contribution is -0.384. The zero-order valence-corrected chi connectivity index (χ0v) is 20.0. The van der Waals surface area contributed by atoms with Gasteiger partial charge >= 0.3 is 0 Å². The Morgan fingerprint density at radius 1 is 1.03 bits per heavy atom. The molecular weight excluding hydrogens is 503 g/mol. The standard InChI is InChI=1S/C22H18Cl2N4O5S/c1-15(16-6-5-7-19(10-16)28(30)31)25-26-22(29)14-27(20-12-17(23)11-18(24)13-20)34(32,33)21-8-3-2-4-9-21/h2-13H,14H2,1H3,(H,26,29)/b25-15-. The fourth-order valence-electron chi connectivity index (χ4n) is 2.94. The molecule has 0 spiro atoms. The number of amides is 1. The van der Waals surface area contributed by atoms with Crippen molar-refractivity contribution in [3.63, 3.8) is 0 Å². The molecule has 12 heteroatoms. The number of nitro benzene ring substituents is 1. The average Bonchev–Trinajstić information content (AvgIpc) is 2.80. The van der Waals surface area contributed by atoms with Crippen molar-refractivity contribution in [2.75, 3.05) is 10.8 Å². The van der Waals surface area contributed by atoms with Gasteiger partial charge in [0.05, 0.1) is 21.2 Å². The van der Waals surface area contributed by atoms with Gasteiger partial charge in [-0.05, 0) is 37.3 Å². The van der Waals surface area contributed by atoms with Crippen LogP contribution in [0, 0.1) is 10.1 Å². The number of hydrazone groups is 1. The zero-order chi connectivity index (χ0) is 24.9. The van der Waals surface area contributed by atoms with Crippen LogP contribution in [-0.2, 0) is 14.8 Å². The molecule has 0 unspecified atom stereocenters. The predicted molar refractivity (Wildman–Crippen MR) is 131 cm³/mol. The van der Waals surface area contributed by atoms with Gasteiger partial charge in [-0.2, -0.15) is 5.10 Å².